The number of fused-ring (bicyclic) bond motifs is 1. The highest BCUT2D eigenvalue weighted by atomic mass is 16.4. The zero-order chi connectivity index (χ0) is 15.6. The normalized spacial score (nSPS) is 11.4. The van der Waals surface area contributed by atoms with Crippen LogP contribution in [0.15, 0.2) is 36.5 Å². The molecule has 1 aromatic heterocycles. The molecule has 0 aliphatic carbocycles. The number of carboxylic acid groups (broad SMARTS) is 1. The molecule has 0 spiro atoms. The highest BCUT2D eigenvalue weighted by molar-refractivity contribution is 6.06. The fourth-order valence-corrected chi connectivity index (χ4v) is 2.33. The number of carboxylic acids is 1. The Hall–Kier alpha value is -2.43. The first-order valence-corrected chi connectivity index (χ1v) is 6.78. The van der Waals surface area contributed by atoms with Gasteiger partial charge in [0.15, 0.2) is 0 Å². The first kappa shape index (κ1) is 15.0. The number of carbonyl (C=O) groups is 2. The zero-order valence-corrected chi connectivity index (χ0v) is 12.3. The molecule has 0 atom stereocenters. The van der Waals surface area contributed by atoms with Crippen molar-refractivity contribution in [2.75, 3.05) is 6.54 Å². The lowest BCUT2D eigenvalue weighted by Gasteiger charge is -2.34. The Morgan fingerprint density at radius 3 is 2.52 bits per heavy atom. The number of nitrogens with zero attached hydrogens (tertiary/aromatic N) is 2. The fraction of sp³-hybridized carbons (Fsp3) is 0.312. The Bertz CT molecular complexity index is 689. The van der Waals surface area contributed by atoms with E-state index in [4.69, 9.17) is 0 Å². The molecule has 21 heavy (non-hydrogen) atoms. The van der Waals surface area contributed by atoms with Gasteiger partial charge in [-0.2, -0.15) is 0 Å². The van der Waals surface area contributed by atoms with Gasteiger partial charge in [-0.05, 0) is 32.9 Å². The van der Waals surface area contributed by atoms with Crippen molar-refractivity contribution in [3.8, 4) is 0 Å². The second kappa shape index (κ2) is 5.52. The van der Waals surface area contributed by atoms with E-state index in [-0.39, 0.29) is 5.91 Å². The molecule has 110 valence electrons. The van der Waals surface area contributed by atoms with Gasteiger partial charge in [-0.3, -0.25) is 9.78 Å². The van der Waals surface area contributed by atoms with Crippen LogP contribution in [0.1, 0.15) is 31.1 Å². The predicted octanol–water partition coefficient (Wildman–Crippen LogP) is 2.56. The van der Waals surface area contributed by atoms with Gasteiger partial charge < -0.3 is 10.0 Å². The van der Waals surface area contributed by atoms with E-state index in [0.717, 1.165) is 5.39 Å². The molecule has 0 unspecified atom stereocenters. The predicted molar refractivity (Wildman–Crippen MR) is 80.2 cm³/mol. The van der Waals surface area contributed by atoms with Crippen molar-refractivity contribution < 1.29 is 14.7 Å². The number of amides is 1. The van der Waals surface area contributed by atoms with Crippen LogP contribution in [0.2, 0.25) is 0 Å². The molecule has 1 N–H and O–H groups in total. The topological polar surface area (TPSA) is 70.5 Å². The number of hydrogen-bond acceptors (Lipinski definition) is 3. The van der Waals surface area contributed by atoms with E-state index >= 15 is 0 Å². The highest BCUT2D eigenvalue weighted by Gasteiger charge is 2.37. The molecule has 1 amide bonds. The molecule has 0 radical (unpaired) electrons. The summed E-state index contributed by atoms with van der Waals surface area (Å²) in [4.78, 5) is 29.8. The van der Waals surface area contributed by atoms with E-state index in [9.17, 15) is 14.7 Å². The molecule has 0 bridgehead atoms. The molecular formula is C16H18N2O3. The van der Waals surface area contributed by atoms with Crippen LogP contribution in [-0.4, -0.2) is 39.0 Å². The minimum atomic E-state index is -1.28. The van der Waals surface area contributed by atoms with Gasteiger partial charge in [-0.15, -0.1) is 0 Å². The van der Waals surface area contributed by atoms with Crippen molar-refractivity contribution >= 4 is 22.8 Å². The number of aromatic nitrogens is 1. The van der Waals surface area contributed by atoms with Crippen LogP contribution >= 0.6 is 0 Å². The average Bonchev–Trinajstić information content (AvgIpc) is 2.46. The largest absolute Gasteiger partial charge is 0.480 e. The standard InChI is InChI=1S/C16H18N2O3/c1-4-18(16(2,3)15(20)21)14(19)12-9-5-7-11-8-6-10-17-13(11)12/h5-10H,4H2,1-3H3,(H,20,21). The third-order valence-corrected chi connectivity index (χ3v) is 3.62. The lowest BCUT2D eigenvalue weighted by Crippen LogP contribution is -2.52. The Labute approximate surface area is 123 Å². The van der Waals surface area contributed by atoms with Crippen molar-refractivity contribution in [3.05, 3.63) is 42.1 Å². The Morgan fingerprint density at radius 1 is 1.24 bits per heavy atom. The summed E-state index contributed by atoms with van der Waals surface area (Å²) in [6, 6.07) is 9.00. The molecule has 1 aromatic carbocycles. The van der Waals surface area contributed by atoms with Crippen LogP contribution in [0, 0.1) is 0 Å². The average molecular weight is 286 g/mol. The van der Waals surface area contributed by atoms with E-state index in [2.05, 4.69) is 4.98 Å². The molecule has 5 heteroatoms. The number of carbonyl (C=O) groups excluding carboxylic acids is 1. The van der Waals surface area contributed by atoms with E-state index in [1.54, 1.807) is 31.3 Å². The number of aliphatic carboxylic acids is 1. The van der Waals surface area contributed by atoms with Gasteiger partial charge in [0.25, 0.3) is 5.91 Å². The molecule has 2 aromatic rings. The van der Waals surface area contributed by atoms with E-state index in [1.165, 1.54) is 18.7 Å². The van der Waals surface area contributed by atoms with Gasteiger partial charge in [0.2, 0.25) is 0 Å². The zero-order valence-electron chi connectivity index (χ0n) is 12.3. The number of benzene rings is 1. The van der Waals surface area contributed by atoms with Crippen LogP contribution in [0.4, 0.5) is 0 Å². The van der Waals surface area contributed by atoms with Gasteiger partial charge in [0.05, 0.1) is 11.1 Å². The summed E-state index contributed by atoms with van der Waals surface area (Å²) in [5.74, 6) is -1.36. The van der Waals surface area contributed by atoms with Crippen molar-refractivity contribution in [3.63, 3.8) is 0 Å². The fourth-order valence-electron chi connectivity index (χ4n) is 2.33. The van der Waals surface area contributed by atoms with Gasteiger partial charge in [0.1, 0.15) is 5.54 Å². The first-order chi connectivity index (χ1) is 9.89. The summed E-state index contributed by atoms with van der Waals surface area (Å²) in [6.45, 7) is 5.12. The maximum absolute atomic E-state index is 12.8. The second-order valence-corrected chi connectivity index (χ2v) is 5.29. The summed E-state index contributed by atoms with van der Waals surface area (Å²) < 4.78 is 0. The van der Waals surface area contributed by atoms with E-state index in [1.807, 2.05) is 12.1 Å². The highest BCUT2D eigenvalue weighted by Crippen LogP contribution is 2.22. The van der Waals surface area contributed by atoms with Gasteiger partial charge in [0, 0.05) is 18.1 Å². The van der Waals surface area contributed by atoms with Gasteiger partial charge in [-0.1, -0.05) is 18.2 Å². The van der Waals surface area contributed by atoms with Crippen molar-refractivity contribution in [1.29, 1.82) is 0 Å². The maximum Gasteiger partial charge on any atom is 0.329 e. The smallest absolute Gasteiger partial charge is 0.329 e. The second-order valence-electron chi connectivity index (χ2n) is 5.29. The molecule has 0 aliphatic heterocycles. The molecule has 0 aliphatic rings. The summed E-state index contributed by atoms with van der Waals surface area (Å²) >= 11 is 0. The maximum atomic E-state index is 12.8. The molecule has 2 rings (SSSR count). The van der Waals surface area contributed by atoms with Crippen molar-refractivity contribution in [2.24, 2.45) is 0 Å². The first-order valence-electron chi connectivity index (χ1n) is 6.78. The van der Waals surface area contributed by atoms with Crippen LogP contribution in [-0.2, 0) is 4.79 Å². The van der Waals surface area contributed by atoms with Gasteiger partial charge >= 0.3 is 5.97 Å². The Balaban J connectivity index is 2.53. The number of para-hydroxylation sites is 1. The lowest BCUT2D eigenvalue weighted by atomic mass is 10.0. The van der Waals surface area contributed by atoms with Crippen LogP contribution in [0.25, 0.3) is 10.9 Å². The Morgan fingerprint density at radius 2 is 1.90 bits per heavy atom. The van der Waals surface area contributed by atoms with Crippen molar-refractivity contribution in [2.45, 2.75) is 26.3 Å². The van der Waals surface area contributed by atoms with Crippen LogP contribution < -0.4 is 0 Å². The number of rotatable bonds is 4. The summed E-state index contributed by atoms with van der Waals surface area (Å²) in [5, 5.41) is 10.2. The van der Waals surface area contributed by atoms with Gasteiger partial charge in [-0.25, -0.2) is 4.79 Å². The third-order valence-electron chi connectivity index (χ3n) is 3.62. The monoisotopic (exact) mass is 286 g/mol. The lowest BCUT2D eigenvalue weighted by molar-refractivity contribution is -0.147. The molecule has 0 saturated carbocycles. The SMILES string of the molecule is CCN(C(=O)c1cccc2cccnc12)C(C)(C)C(=O)O. The molecule has 1 heterocycles. The van der Waals surface area contributed by atoms with Crippen molar-refractivity contribution in [1.82, 2.24) is 9.88 Å². The minimum absolute atomic E-state index is 0.307. The Kier molecular flexibility index (Phi) is 3.93. The van der Waals surface area contributed by atoms with Crippen LogP contribution in [0.5, 0.6) is 0 Å². The number of pyridine rings is 1. The third kappa shape index (κ3) is 2.59. The van der Waals surface area contributed by atoms with E-state index in [0.29, 0.717) is 17.6 Å². The van der Waals surface area contributed by atoms with Crippen LogP contribution in [0.3, 0.4) is 0 Å². The van der Waals surface area contributed by atoms with E-state index < -0.39 is 11.5 Å². The molecule has 5 nitrogen and oxygen atoms in total. The molecular weight excluding hydrogens is 268 g/mol. The quantitative estimate of drug-likeness (QED) is 0.937. The molecule has 0 saturated heterocycles. The summed E-state index contributed by atoms with van der Waals surface area (Å²) in [7, 11) is 0. The number of hydrogen-bond donors (Lipinski definition) is 1. The minimum Gasteiger partial charge on any atom is -0.480 e. The summed E-state index contributed by atoms with van der Waals surface area (Å²) in [5.41, 5.74) is -0.267. The molecule has 0 fully saturated rings. The number of likely N-dealkylation sites (N-methyl/N-ethyl adjacent to an activating group) is 1. The summed E-state index contributed by atoms with van der Waals surface area (Å²) in [6.07, 6.45) is 1.62.